The van der Waals surface area contributed by atoms with Crippen LogP contribution in [0.2, 0.25) is 0 Å². The number of guanidine groups is 1. The number of piperidine rings is 1. The second-order valence-electron chi connectivity index (χ2n) is 7.71. The van der Waals surface area contributed by atoms with Gasteiger partial charge in [-0.05, 0) is 41.7 Å². The fourth-order valence-corrected chi connectivity index (χ4v) is 5.35. The van der Waals surface area contributed by atoms with Gasteiger partial charge in [0.05, 0.1) is 6.54 Å². The zero-order valence-corrected chi connectivity index (χ0v) is 17.2. The molecule has 0 saturated carbocycles. The number of aliphatic imine (C=N–C) groups is 1. The molecule has 148 valence electrons. The molecule has 2 heterocycles. The Labute approximate surface area is 172 Å². The van der Waals surface area contributed by atoms with Crippen LogP contribution in [-0.2, 0) is 13.0 Å². The van der Waals surface area contributed by atoms with Crippen molar-refractivity contribution in [3.63, 3.8) is 0 Å². The number of nitrogens with two attached hydrogens (primary N) is 1. The normalized spacial score (nSPS) is 21.3. The standard InChI is InChI=1S/C23H30N4S/c24-23(25-16-22-21-9-5-4-8-19(21)12-15-28-22)26-20-10-13-27(14-11-20)17-18-6-2-1-3-7-18/h1-9,20,22H,10-17H2,(H3,24,25,26). The Morgan fingerprint density at radius 2 is 1.82 bits per heavy atom. The molecule has 5 heteroatoms. The summed E-state index contributed by atoms with van der Waals surface area (Å²) in [5.41, 5.74) is 10.5. The maximum Gasteiger partial charge on any atom is 0.188 e. The molecule has 2 aromatic carbocycles. The van der Waals surface area contributed by atoms with Crippen LogP contribution in [0, 0.1) is 0 Å². The second-order valence-corrected chi connectivity index (χ2v) is 9.03. The van der Waals surface area contributed by atoms with Gasteiger partial charge < -0.3 is 11.1 Å². The van der Waals surface area contributed by atoms with Crippen molar-refractivity contribution in [3.8, 4) is 0 Å². The van der Waals surface area contributed by atoms with Gasteiger partial charge in [0.15, 0.2) is 5.96 Å². The maximum atomic E-state index is 6.22. The molecular formula is C23H30N4S. The predicted molar refractivity (Wildman–Crippen MR) is 120 cm³/mol. The first kappa shape index (κ1) is 19.3. The lowest BCUT2D eigenvalue weighted by Crippen LogP contribution is -2.47. The van der Waals surface area contributed by atoms with Crippen molar-refractivity contribution >= 4 is 17.7 Å². The third-order valence-corrected chi connectivity index (χ3v) is 6.95. The van der Waals surface area contributed by atoms with E-state index in [1.807, 2.05) is 11.8 Å². The third kappa shape index (κ3) is 5.09. The minimum absolute atomic E-state index is 0.429. The van der Waals surface area contributed by atoms with Crippen molar-refractivity contribution in [3.05, 3.63) is 71.3 Å². The van der Waals surface area contributed by atoms with Crippen LogP contribution in [0.25, 0.3) is 0 Å². The van der Waals surface area contributed by atoms with E-state index in [0.717, 1.165) is 45.4 Å². The van der Waals surface area contributed by atoms with Crippen molar-refractivity contribution in [2.24, 2.45) is 10.7 Å². The minimum Gasteiger partial charge on any atom is -0.370 e. The lowest BCUT2D eigenvalue weighted by Gasteiger charge is -2.32. The van der Waals surface area contributed by atoms with E-state index >= 15 is 0 Å². The molecule has 28 heavy (non-hydrogen) atoms. The van der Waals surface area contributed by atoms with Gasteiger partial charge in [-0.2, -0.15) is 11.8 Å². The van der Waals surface area contributed by atoms with Crippen LogP contribution in [0.4, 0.5) is 0 Å². The Hall–Kier alpha value is -1.98. The highest BCUT2D eigenvalue weighted by molar-refractivity contribution is 7.99. The first-order valence-corrected chi connectivity index (χ1v) is 11.3. The fraction of sp³-hybridized carbons (Fsp3) is 0.435. The molecule has 0 radical (unpaired) electrons. The van der Waals surface area contributed by atoms with Crippen molar-refractivity contribution in [2.75, 3.05) is 25.4 Å². The van der Waals surface area contributed by atoms with Crippen LogP contribution >= 0.6 is 11.8 Å². The van der Waals surface area contributed by atoms with Gasteiger partial charge in [0.1, 0.15) is 0 Å². The lowest BCUT2D eigenvalue weighted by molar-refractivity contribution is 0.199. The predicted octanol–water partition coefficient (Wildman–Crippen LogP) is 3.59. The summed E-state index contributed by atoms with van der Waals surface area (Å²) in [6, 6.07) is 19.9. The van der Waals surface area contributed by atoms with Crippen molar-refractivity contribution < 1.29 is 0 Å². The molecule has 4 nitrogen and oxygen atoms in total. The van der Waals surface area contributed by atoms with E-state index in [-0.39, 0.29) is 0 Å². The summed E-state index contributed by atoms with van der Waals surface area (Å²) in [6.07, 6.45) is 3.39. The monoisotopic (exact) mass is 394 g/mol. The Morgan fingerprint density at radius 3 is 2.64 bits per heavy atom. The van der Waals surface area contributed by atoms with Gasteiger partial charge in [-0.1, -0.05) is 54.6 Å². The van der Waals surface area contributed by atoms with Gasteiger partial charge in [-0.3, -0.25) is 9.89 Å². The summed E-state index contributed by atoms with van der Waals surface area (Å²) >= 11 is 2.00. The SMILES string of the molecule is NC(=NCC1SCCc2ccccc21)NC1CCN(Cc2ccccc2)CC1. The highest BCUT2D eigenvalue weighted by Gasteiger charge is 2.21. The van der Waals surface area contributed by atoms with Crippen molar-refractivity contribution in [1.29, 1.82) is 0 Å². The molecule has 2 aromatic rings. The molecular weight excluding hydrogens is 364 g/mol. The largest absolute Gasteiger partial charge is 0.370 e. The van der Waals surface area contributed by atoms with E-state index < -0.39 is 0 Å². The van der Waals surface area contributed by atoms with Crippen LogP contribution in [-0.4, -0.2) is 42.3 Å². The molecule has 0 bridgehead atoms. The molecule has 0 amide bonds. The van der Waals surface area contributed by atoms with Gasteiger partial charge in [-0.15, -0.1) is 0 Å². The average molecular weight is 395 g/mol. The van der Waals surface area contributed by atoms with E-state index in [9.17, 15) is 0 Å². The van der Waals surface area contributed by atoms with E-state index in [0.29, 0.717) is 17.3 Å². The molecule has 2 aliphatic rings. The third-order valence-electron chi connectivity index (χ3n) is 5.71. The number of rotatable bonds is 5. The maximum absolute atomic E-state index is 6.22. The summed E-state index contributed by atoms with van der Waals surface area (Å²) in [5, 5.41) is 3.89. The molecule has 1 saturated heterocycles. The number of thioether (sulfide) groups is 1. The number of nitrogens with one attached hydrogen (secondary N) is 1. The number of benzene rings is 2. The summed E-state index contributed by atoms with van der Waals surface area (Å²) in [6.45, 7) is 4.00. The zero-order chi connectivity index (χ0) is 19.2. The number of nitrogens with zero attached hydrogens (tertiary/aromatic N) is 2. The molecule has 1 unspecified atom stereocenters. The molecule has 0 spiro atoms. The molecule has 4 rings (SSSR count). The molecule has 2 aliphatic heterocycles. The summed E-state index contributed by atoms with van der Waals surface area (Å²) < 4.78 is 0. The topological polar surface area (TPSA) is 53.6 Å². The Kier molecular flexibility index (Phi) is 6.55. The molecule has 1 fully saturated rings. The quantitative estimate of drug-likeness (QED) is 0.601. The van der Waals surface area contributed by atoms with Crippen LogP contribution in [0.3, 0.4) is 0 Å². The summed E-state index contributed by atoms with van der Waals surface area (Å²) in [4.78, 5) is 7.20. The van der Waals surface area contributed by atoms with E-state index in [2.05, 4.69) is 69.8 Å². The number of likely N-dealkylation sites (tertiary alicyclic amines) is 1. The van der Waals surface area contributed by atoms with Gasteiger partial charge in [0.25, 0.3) is 0 Å². The van der Waals surface area contributed by atoms with Crippen LogP contribution in [0.15, 0.2) is 59.6 Å². The van der Waals surface area contributed by atoms with E-state index in [4.69, 9.17) is 5.73 Å². The number of fused-ring (bicyclic) bond motifs is 1. The minimum atomic E-state index is 0.429. The van der Waals surface area contributed by atoms with Crippen LogP contribution < -0.4 is 11.1 Å². The smallest absolute Gasteiger partial charge is 0.188 e. The summed E-state index contributed by atoms with van der Waals surface area (Å²) in [7, 11) is 0. The van der Waals surface area contributed by atoms with Gasteiger partial charge >= 0.3 is 0 Å². The zero-order valence-electron chi connectivity index (χ0n) is 16.4. The van der Waals surface area contributed by atoms with Gasteiger partial charge in [-0.25, -0.2) is 0 Å². The Morgan fingerprint density at radius 1 is 1.07 bits per heavy atom. The molecule has 1 atom stereocenters. The molecule has 3 N–H and O–H groups in total. The Bertz CT molecular complexity index is 784. The number of aryl methyl sites for hydroxylation is 1. The van der Waals surface area contributed by atoms with Crippen molar-refractivity contribution in [2.45, 2.75) is 37.1 Å². The second kappa shape index (κ2) is 9.48. The van der Waals surface area contributed by atoms with Crippen molar-refractivity contribution in [1.82, 2.24) is 10.2 Å². The molecule has 0 aromatic heterocycles. The first-order valence-electron chi connectivity index (χ1n) is 10.3. The van der Waals surface area contributed by atoms with Gasteiger partial charge in [0, 0.05) is 30.9 Å². The highest BCUT2D eigenvalue weighted by Crippen LogP contribution is 2.36. The molecule has 0 aliphatic carbocycles. The fourth-order valence-electron chi connectivity index (χ4n) is 4.14. The summed E-state index contributed by atoms with van der Waals surface area (Å²) in [5.74, 6) is 1.77. The van der Waals surface area contributed by atoms with E-state index in [1.165, 1.54) is 22.4 Å². The average Bonchev–Trinajstić information content (AvgIpc) is 2.74. The lowest BCUT2D eigenvalue weighted by atomic mass is 10.0. The van der Waals surface area contributed by atoms with Gasteiger partial charge in [0.2, 0.25) is 0 Å². The Balaban J connectivity index is 1.24. The number of hydrogen-bond acceptors (Lipinski definition) is 3. The first-order chi connectivity index (χ1) is 13.8. The number of hydrogen-bond donors (Lipinski definition) is 2. The van der Waals surface area contributed by atoms with Crippen LogP contribution in [0.5, 0.6) is 0 Å². The van der Waals surface area contributed by atoms with E-state index in [1.54, 1.807) is 0 Å². The van der Waals surface area contributed by atoms with Crippen LogP contribution in [0.1, 0.15) is 34.8 Å². The highest BCUT2D eigenvalue weighted by atomic mass is 32.2.